The summed E-state index contributed by atoms with van der Waals surface area (Å²) in [6.45, 7) is 3.55. The Morgan fingerprint density at radius 1 is 1.25 bits per heavy atom. The van der Waals surface area contributed by atoms with Crippen LogP contribution in [-0.2, 0) is 4.79 Å². The van der Waals surface area contributed by atoms with Crippen LogP contribution in [-0.4, -0.2) is 53.9 Å². The smallest absolute Gasteiger partial charge is 0.265 e. The van der Waals surface area contributed by atoms with Gasteiger partial charge in [-0.2, -0.15) is 0 Å². The molecule has 0 radical (unpaired) electrons. The minimum Gasteiger partial charge on any atom is -0.441 e. The number of benzene rings is 1. The predicted octanol–water partition coefficient (Wildman–Crippen LogP) is 4.36. The molecular weight excluding hydrogens is 446 g/mol. The van der Waals surface area contributed by atoms with E-state index in [1.807, 2.05) is 12.1 Å². The van der Waals surface area contributed by atoms with Crippen LogP contribution in [0.25, 0.3) is 20.6 Å². The van der Waals surface area contributed by atoms with Crippen molar-refractivity contribution in [3.8, 4) is 0 Å². The van der Waals surface area contributed by atoms with Gasteiger partial charge in [-0.3, -0.25) is 9.59 Å². The van der Waals surface area contributed by atoms with Gasteiger partial charge in [0.05, 0.1) is 9.58 Å². The number of nitrogens with zero attached hydrogens (tertiary/aromatic N) is 4. The average Bonchev–Trinajstić information content (AvgIpc) is 3.48. The second-order valence-electron chi connectivity index (χ2n) is 8.24. The van der Waals surface area contributed by atoms with Gasteiger partial charge in [0, 0.05) is 46.2 Å². The molecule has 0 bridgehead atoms. The first-order valence-corrected chi connectivity index (χ1v) is 12.0. The van der Waals surface area contributed by atoms with E-state index in [-0.39, 0.29) is 11.8 Å². The van der Waals surface area contributed by atoms with Crippen molar-refractivity contribution in [2.24, 2.45) is 5.92 Å². The van der Waals surface area contributed by atoms with Crippen molar-refractivity contribution < 1.29 is 14.0 Å². The molecule has 1 aliphatic heterocycles. The lowest BCUT2D eigenvalue weighted by Gasteiger charge is -2.16. The largest absolute Gasteiger partial charge is 0.441 e. The first-order chi connectivity index (χ1) is 15.4. The highest BCUT2D eigenvalue weighted by atomic mass is 32.1. The first-order valence-electron chi connectivity index (χ1n) is 10.4. The van der Waals surface area contributed by atoms with E-state index in [1.165, 1.54) is 11.3 Å². The van der Waals surface area contributed by atoms with Crippen LogP contribution in [0, 0.1) is 12.8 Å². The van der Waals surface area contributed by atoms with Crippen LogP contribution in [0.1, 0.15) is 28.4 Å². The maximum atomic E-state index is 12.8. The molecule has 0 unspecified atom stereocenters. The minimum absolute atomic E-state index is 0.162. The number of rotatable bonds is 5. The summed E-state index contributed by atoms with van der Waals surface area (Å²) in [7, 11) is 3.59. The number of thiazole rings is 1. The average molecular weight is 470 g/mol. The summed E-state index contributed by atoms with van der Waals surface area (Å²) in [5.41, 5.74) is 2.09. The van der Waals surface area contributed by atoms with E-state index < -0.39 is 0 Å². The molecule has 0 saturated carbocycles. The second kappa shape index (κ2) is 8.18. The van der Waals surface area contributed by atoms with Gasteiger partial charge in [0.25, 0.3) is 5.91 Å². The summed E-state index contributed by atoms with van der Waals surface area (Å²) in [4.78, 5) is 39.2. The van der Waals surface area contributed by atoms with Gasteiger partial charge in [0.15, 0.2) is 16.6 Å². The summed E-state index contributed by atoms with van der Waals surface area (Å²) < 4.78 is 6.48. The molecule has 0 aliphatic carbocycles. The fourth-order valence-electron chi connectivity index (χ4n) is 3.89. The van der Waals surface area contributed by atoms with Crippen LogP contribution >= 0.6 is 22.7 Å². The SMILES string of the molecule is Cc1nc2cc(NC(=O)c3cc4sc(N5CC[C@H](CC(=O)N(C)C)C5)nc4s3)ccc2o1. The maximum absolute atomic E-state index is 12.8. The van der Waals surface area contributed by atoms with Gasteiger partial charge in [-0.05, 0) is 36.6 Å². The standard InChI is InChI=1S/C22H23N5O3S2/c1-12-23-15-9-14(4-5-16(15)30-12)24-20(29)17-10-18-21(31-17)25-22(32-18)27-7-6-13(11-27)8-19(28)26(2)3/h4-5,9-10,13H,6-8,11H2,1-3H3,(H,24,29)/t13-/m1/s1. The van der Waals surface area contributed by atoms with E-state index in [1.54, 1.807) is 49.4 Å². The number of nitrogens with one attached hydrogen (secondary N) is 1. The van der Waals surface area contributed by atoms with E-state index >= 15 is 0 Å². The molecule has 32 heavy (non-hydrogen) atoms. The van der Waals surface area contributed by atoms with Gasteiger partial charge in [0.1, 0.15) is 10.3 Å². The quantitative estimate of drug-likeness (QED) is 0.467. The normalized spacial score (nSPS) is 16.2. The van der Waals surface area contributed by atoms with Gasteiger partial charge in [-0.25, -0.2) is 9.97 Å². The number of carbonyl (C=O) groups excluding carboxylic acids is 2. The topological polar surface area (TPSA) is 91.6 Å². The molecule has 0 spiro atoms. The molecule has 1 fully saturated rings. The van der Waals surface area contributed by atoms with Crippen molar-refractivity contribution in [2.45, 2.75) is 19.8 Å². The first kappa shape index (κ1) is 20.9. The molecule has 1 N–H and O–H groups in total. The van der Waals surface area contributed by atoms with E-state index in [0.29, 0.717) is 34.4 Å². The third-order valence-electron chi connectivity index (χ3n) is 5.57. The van der Waals surface area contributed by atoms with Gasteiger partial charge in [-0.15, -0.1) is 11.3 Å². The Labute approximate surface area is 192 Å². The van der Waals surface area contributed by atoms with Crippen molar-refractivity contribution in [1.82, 2.24) is 14.9 Å². The lowest BCUT2D eigenvalue weighted by molar-refractivity contribution is -0.129. The zero-order valence-electron chi connectivity index (χ0n) is 18.0. The Morgan fingerprint density at radius 3 is 2.88 bits per heavy atom. The maximum Gasteiger partial charge on any atom is 0.265 e. The molecule has 8 nitrogen and oxygen atoms in total. The molecule has 1 aromatic carbocycles. The minimum atomic E-state index is -0.162. The Morgan fingerprint density at radius 2 is 2.09 bits per heavy atom. The highest BCUT2D eigenvalue weighted by Crippen LogP contribution is 2.37. The number of thiophene rings is 1. The summed E-state index contributed by atoms with van der Waals surface area (Å²) in [5, 5.41) is 3.90. The van der Waals surface area contributed by atoms with Gasteiger partial charge in [0.2, 0.25) is 5.91 Å². The number of fused-ring (bicyclic) bond motifs is 2. The number of oxazole rings is 1. The number of aromatic nitrogens is 2. The fraction of sp³-hybridized carbons (Fsp3) is 0.364. The predicted molar refractivity (Wildman–Crippen MR) is 128 cm³/mol. The number of hydrogen-bond donors (Lipinski definition) is 1. The number of hydrogen-bond acceptors (Lipinski definition) is 8. The molecule has 166 valence electrons. The summed E-state index contributed by atoms with van der Waals surface area (Å²) in [6.07, 6.45) is 1.57. The molecule has 5 rings (SSSR count). The van der Waals surface area contributed by atoms with Crippen molar-refractivity contribution >= 4 is 65.9 Å². The highest BCUT2D eigenvalue weighted by molar-refractivity contribution is 7.29. The molecule has 4 aromatic rings. The van der Waals surface area contributed by atoms with Gasteiger partial charge >= 0.3 is 0 Å². The Bertz CT molecular complexity index is 1290. The van der Waals surface area contributed by atoms with Crippen LogP contribution in [0.15, 0.2) is 28.7 Å². The molecule has 1 aliphatic rings. The molecule has 10 heteroatoms. The van der Waals surface area contributed by atoms with Gasteiger partial charge < -0.3 is 19.5 Å². The molecule has 1 atom stereocenters. The summed E-state index contributed by atoms with van der Waals surface area (Å²) in [5.74, 6) is 0.965. The van der Waals surface area contributed by atoms with E-state index in [2.05, 4.69) is 15.2 Å². The van der Waals surface area contributed by atoms with E-state index in [9.17, 15) is 9.59 Å². The third kappa shape index (κ3) is 4.07. The van der Waals surface area contributed by atoms with Crippen LogP contribution in [0.5, 0.6) is 0 Å². The molecule has 4 heterocycles. The Kier molecular flexibility index (Phi) is 5.34. The second-order valence-corrected chi connectivity index (χ2v) is 10.3. The summed E-state index contributed by atoms with van der Waals surface area (Å²) in [6, 6.07) is 7.32. The van der Waals surface area contributed by atoms with E-state index in [0.717, 1.165) is 39.7 Å². The Balaban J connectivity index is 1.26. The van der Waals surface area contributed by atoms with Crippen molar-refractivity contribution in [3.05, 3.63) is 35.0 Å². The highest BCUT2D eigenvalue weighted by Gasteiger charge is 2.27. The lowest BCUT2D eigenvalue weighted by Crippen LogP contribution is -2.26. The number of aryl methyl sites for hydroxylation is 1. The zero-order valence-corrected chi connectivity index (χ0v) is 19.7. The molecule has 3 aromatic heterocycles. The Hall–Kier alpha value is -2.98. The number of amides is 2. The molecular formula is C22H23N5O3S2. The van der Waals surface area contributed by atoms with Crippen LogP contribution < -0.4 is 10.2 Å². The van der Waals surface area contributed by atoms with E-state index in [4.69, 9.17) is 9.40 Å². The molecule has 1 saturated heterocycles. The monoisotopic (exact) mass is 469 g/mol. The summed E-state index contributed by atoms with van der Waals surface area (Å²) >= 11 is 2.99. The van der Waals surface area contributed by atoms with Crippen molar-refractivity contribution in [2.75, 3.05) is 37.4 Å². The van der Waals surface area contributed by atoms with Crippen LogP contribution in [0.3, 0.4) is 0 Å². The van der Waals surface area contributed by atoms with Crippen LogP contribution in [0.4, 0.5) is 10.8 Å². The number of anilines is 2. The third-order valence-corrected chi connectivity index (χ3v) is 7.79. The molecule has 2 amide bonds. The number of carbonyl (C=O) groups is 2. The fourth-order valence-corrected chi connectivity index (χ4v) is 6.03. The lowest BCUT2D eigenvalue weighted by atomic mass is 10.0. The van der Waals surface area contributed by atoms with Crippen molar-refractivity contribution in [3.63, 3.8) is 0 Å². The van der Waals surface area contributed by atoms with Gasteiger partial charge in [-0.1, -0.05) is 11.3 Å². The van der Waals surface area contributed by atoms with Crippen molar-refractivity contribution in [1.29, 1.82) is 0 Å². The van der Waals surface area contributed by atoms with Crippen LogP contribution in [0.2, 0.25) is 0 Å². The zero-order chi connectivity index (χ0) is 22.4.